The smallest absolute Gasteiger partial charge is 0.0547 e. The van der Waals surface area contributed by atoms with Crippen LogP contribution >= 0.6 is 0 Å². The molecule has 0 radical (unpaired) electrons. The lowest BCUT2D eigenvalue weighted by atomic mass is 9.91. The van der Waals surface area contributed by atoms with Crippen LogP contribution in [0, 0.1) is 0 Å². The van der Waals surface area contributed by atoms with Crippen molar-refractivity contribution in [3.8, 4) is 117 Å². The second-order valence-electron chi connectivity index (χ2n) is 38.8. The highest BCUT2D eigenvalue weighted by Gasteiger charge is 2.24. The van der Waals surface area contributed by atoms with Gasteiger partial charge in [-0.25, -0.2) is 0 Å². The summed E-state index contributed by atoms with van der Waals surface area (Å²) in [6, 6.07) is 206. The molecule has 0 atom stereocenters. The van der Waals surface area contributed by atoms with Crippen molar-refractivity contribution >= 4 is 162 Å². The van der Waals surface area contributed by atoms with E-state index in [0.29, 0.717) is 0 Å². The number of para-hydroxylation sites is 3. The van der Waals surface area contributed by atoms with Gasteiger partial charge in [-0.2, -0.15) is 0 Å². The van der Waals surface area contributed by atoms with E-state index >= 15 is 0 Å². The minimum absolute atomic E-state index is 1.15. The quantitative estimate of drug-likeness (QED) is 0.108. The lowest BCUT2D eigenvalue weighted by Gasteiger charge is -2.15. The summed E-state index contributed by atoms with van der Waals surface area (Å²) >= 11 is 0. The SMILES string of the molecule is c1ccc(-c2cc(-c3ccccc3)cc(-n3c4ccccc4c4c(-c5ccc6c7ccccc7c7ccccc7c6c5)cccc43)c2)cc1.c1ccc(-c2cc(-c3ccccc3)cc(-n3c4ccccc4c4cc(-c5ccc6c7ccccc7c7ccccc7c6c5)ccc43)c2)cc1.c1ccc(-c2cc(-c3ccccc3)cc(-n3c4ccccc4c4ccc(-c5ccc6c7ccccc7c7ccccc7c6c5)cc43)c2)cc1. The minimum atomic E-state index is 1.15. The maximum atomic E-state index is 2.46. The summed E-state index contributed by atoms with van der Waals surface area (Å²) in [4.78, 5) is 0. The first-order valence-corrected chi connectivity index (χ1v) is 50.8. The average molecular weight is 1870 g/mol. The standard InChI is InChI=1S/3C48H31N/c1-3-14-32(15-4-1)35-28-36(33-16-5-2-6-17-33)30-37(29-35)49-46-24-12-11-22-44(46)48-38(23-13-25-47(48)49)34-26-27-43-41-20-8-7-18-39(41)40-19-9-10-21-42(40)45(43)31-34;1-3-13-32(14-4-1)36-27-37(33-15-5-2-6-16-33)29-38(28-36)49-47-22-12-11-21-44(47)46-31-35(24-26-48(46)49)34-23-25-43-41-19-8-7-17-39(41)40-18-9-10-20-42(40)45(43)30-34;1-3-13-32(14-4-1)36-27-37(33-15-5-2-6-16-33)29-38(28-36)49-47-22-12-11-21-44(47)45-26-24-35(31-48(45)49)34-23-25-43-41-19-8-7-17-39(41)40-18-9-10-20-42(40)46(43)30-34/h3*1-31H. The lowest BCUT2D eigenvalue weighted by Crippen LogP contribution is -1.96. The van der Waals surface area contributed by atoms with Crippen molar-refractivity contribution in [1.29, 1.82) is 0 Å². The fourth-order valence-corrected chi connectivity index (χ4v) is 23.7. The van der Waals surface area contributed by atoms with E-state index in [4.69, 9.17) is 0 Å². The van der Waals surface area contributed by atoms with Crippen molar-refractivity contribution in [1.82, 2.24) is 13.7 Å². The molecule has 3 heterocycles. The number of hydrogen-bond donors (Lipinski definition) is 0. The topological polar surface area (TPSA) is 14.8 Å². The molecule has 0 saturated heterocycles. The Morgan fingerprint density at radius 1 is 0.0884 bits per heavy atom. The largest absolute Gasteiger partial charge is 0.309 e. The molecule has 0 unspecified atom stereocenters. The molecule has 0 aliphatic carbocycles. The molecule has 0 aliphatic heterocycles. The molecule has 3 heteroatoms. The second kappa shape index (κ2) is 36.0. The fraction of sp³-hybridized carbons (Fsp3) is 0. The van der Waals surface area contributed by atoms with E-state index in [1.165, 1.54) is 263 Å². The highest BCUT2D eigenvalue weighted by atomic mass is 15.0. The summed E-state index contributed by atoms with van der Waals surface area (Å²) in [6.07, 6.45) is 0. The van der Waals surface area contributed by atoms with Crippen LogP contribution in [0.4, 0.5) is 0 Å². The molecule has 0 aliphatic rings. The van der Waals surface area contributed by atoms with Gasteiger partial charge < -0.3 is 13.7 Å². The molecule has 30 aromatic rings. The van der Waals surface area contributed by atoms with Gasteiger partial charge in [-0.1, -0.05) is 449 Å². The molecule has 0 amide bonds. The molecule has 0 fully saturated rings. The van der Waals surface area contributed by atoms with Crippen LogP contribution < -0.4 is 0 Å². The molecular weight excluding hydrogens is 1770 g/mol. The molecular formula is C144H93N3. The van der Waals surface area contributed by atoms with Gasteiger partial charge in [0.15, 0.2) is 0 Å². The Bertz CT molecular complexity index is 10100. The third-order valence-corrected chi connectivity index (χ3v) is 30.4. The number of aromatic nitrogens is 3. The van der Waals surface area contributed by atoms with E-state index < -0.39 is 0 Å². The summed E-state index contributed by atoms with van der Waals surface area (Å²) < 4.78 is 7.35. The van der Waals surface area contributed by atoms with Gasteiger partial charge in [0, 0.05) is 49.4 Å². The van der Waals surface area contributed by atoms with Crippen LogP contribution in [0.25, 0.3) is 280 Å². The van der Waals surface area contributed by atoms with Crippen molar-refractivity contribution in [3.63, 3.8) is 0 Å². The molecule has 0 bridgehead atoms. The Balaban J connectivity index is 0.000000107. The molecule has 3 aromatic heterocycles. The number of benzene rings is 27. The first-order valence-electron chi connectivity index (χ1n) is 50.8. The van der Waals surface area contributed by atoms with Crippen LogP contribution in [0.5, 0.6) is 0 Å². The predicted octanol–water partition coefficient (Wildman–Crippen LogP) is 39.7. The molecule has 0 spiro atoms. The van der Waals surface area contributed by atoms with Gasteiger partial charge in [0.1, 0.15) is 0 Å². The second-order valence-corrected chi connectivity index (χ2v) is 38.8. The van der Waals surface area contributed by atoms with E-state index in [2.05, 4.69) is 578 Å². The Kier molecular flexibility index (Phi) is 21.0. The zero-order valence-corrected chi connectivity index (χ0v) is 80.5. The number of nitrogens with zero attached hydrogens (tertiary/aromatic N) is 3. The van der Waals surface area contributed by atoms with E-state index in [1.54, 1.807) is 0 Å². The van der Waals surface area contributed by atoms with Gasteiger partial charge >= 0.3 is 0 Å². The van der Waals surface area contributed by atoms with Gasteiger partial charge in [-0.05, 0) is 312 Å². The summed E-state index contributed by atoms with van der Waals surface area (Å²) in [5.41, 5.74) is 32.5. The predicted molar refractivity (Wildman–Crippen MR) is 629 cm³/mol. The van der Waals surface area contributed by atoms with E-state index in [0.717, 1.165) is 17.1 Å². The number of fused-ring (bicyclic) bond motifs is 27. The molecule has 0 saturated carbocycles. The van der Waals surface area contributed by atoms with Crippen molar-refractivity contribution < 1.29 is 0 Å². The summed E-state index contributed by atoms with van der Waals surface area (Å²) in [5.74, 6) is 0. The Hall–Kier alpha value is -19.3. The number of rotatable bonds is 12. The maximum Gasteiger partial charge on any atom is 0.0547 e. The minimum Gasteiger partial charge on any atom is -0.309 e. The van der Waals surface area contributed by atoms with Crippen molar-refractivity contribution in [2.75, 3.05) is 0 Å². The van der Waals surface area contributed by atoms with Gasteiger partial charge in [0.2, 0.25) is 0 Å². The van der Waals surface area contributed by atoms with Crippen molar-refractivity contribution in [2.45, 2.75) is 0 Å². The lowest BCUT2D eigenvalue weighted by molar-refractivity contribution is 1.18. The van der Waals surface area contributed by atoms with Crippen LogP contribution in [0.3, 0.4) is 0 Å². The third-order valence-electron chi connectivity index (χ3n) is 30.4. The summed E-state index contributed by atoms with van der Waals surface area (Å²) in [5, 5.41) is 30.9. The molecule has 3 nitrogen and oxygen atoms in total. The fourth-order valence-electron chi connectivity index (χ4n) is 23.7. The Labute approximate surface area is 851 Å². The summed E-state index contributed by atoms with van der Waals surface area (Å²) in [7, 11) is 0. The highest BCUT2D eigenvalue weighted by molar-refractivity contribution is 6.30. The Morgan fingerprint density at radius 2 is 0.293 bits per heavy atom. The van der Waals surface area contributed by atoms with Crippen LogP contribution in [-0.2, 0) is 0 Å². The maximum absolute atomic E-state index is 2.46. The van der Waals surface area contributed by atoms with E-state index in [-0.39, 0.29) is 0 Å². The average Bonchev–Trinajstić information content (AvgIpc) is 1.17. The zero-order chi connectivity index (χ0) is 96.9. The monoisotopic (exact) mass is 1860 g/mol. The molecule has 0 N–H and O–H groups in total. The van der Waals surface area contributed by atoms with Crippen LogP contribution in [0.1, 0.15) is 0 Å². The van der Waals surface area contributed by atoms with Crippen LogP contribution in [-0.4, -0.2) is 13.7 Å². The van der Waals surface area contributed by atoms with Gasteiger partial charge in [-0.15, -0.1) is 0 Å². The van der Waals surface area contributed by atoms with Gasteiger partial charge in [0.05, 0.1) is 33.1 Å². The normalized spacial score (nSPS) is 11.7. The van der Waals surface area contributed by atoms with Crippen molar-refractivity contribution in [3.05, 3.63) is 564 Å². The molecule has 30 rings (SSSR count). The van der Waals surface area contributed by atoms with Crippen LogP contribution in [0.15, 0.2) is 564 Å². The Morgan fingerprint density at radius 3 is 0.626 bits per heavy atom. The first-order chi connectivity index (χ1) is 72.9. The first kappa shape index (κ1) is 85.6. The molecule has 147 heavy (non-hydrogen) atoms. The van der Waals surface area contributed by atoms with E-state index in [1.807, 2.05) is 0 Å². The third kappa shape index (κ3) is 15.0. The van der Waals surface area contributed by atoms with E-state index in [9.17, 15) is 0 Å². The summed E-state index contributed by atoms with van der Waals surface area (Å²) in [6.45, 7) is 0. The molecule has 27 aromatic carbocycles. The van der Waals surface area contributed by atoms with Crippen LogP contribution in [0.2, 0.25) is 0 Å². The van der Waals surface area contributed by atoms with Gasteiger partial charge in [-0.3, -0.25) is 0 Å². The van der Waals surface area contributed by atoms with Gasteiger partial charge in [0.25, 0.3) is 0 Å². The highest BCUT2D eigenvalue weighted by Crippen LogP contribution is 2.49. The number of hydrogen-bond acceptors (Lipinski definition) is 0. The van der Waals surface area contributed by atoms with Crippen molar-refractivity contribution in [2.24, 2.45) is 0 Å². The zero-order valence-electron chi connectivity index (χ0n) is 80.5. The molecule has 684 valence electrons.